The number of amides is 1. The molecular formula is C18H15F2N3O2S2. The summed E-state index contributed by atoms with van der Waals surface area (Å²) in [7, 11) is 0. The van der Waals surface area contributed by atoms with E-state index in [1.54, 1.807) is 19.1 Å². The molecule has 2 aromatic carbocycles. The molecule has 0 saturated heterocycles. The van der Waals surface area contributed by atoms with E-state index >= 15 is 0 Å². The van der Waals surface area contributed by atoms with Crippen molar-refractivity contribution < 1.29 is 18.0 Å². The van der Waals surface area contributed by atoms with Gasteiger partial charge in [0.2, 0.25) is 11.8 Å². The Morgan fingerprint density at radius 3 is 2.41 bits per heavy atom. The van der Waals surface area contributed by atoms with E-state index in [4.69, 9.17) is 4.42 Å². The summed E-state index contributed by atoms with van der Waals surface area (Å²) in [4.78, 5) is 12.7. The van der Waals surface area contributed by atoms with Gasteiger partial charge in [-0.1, -0.05) is 41.7 Å². The first-order valence-corrected chi connectivity index (χ1v) is 9.68. The Balaban J connectivity index is 1.57. The molecule has 0 bridgehead atoms. The highest BCUT2D eigenvalue weighted by Gasteiger charge is 2.19. The Morgan fingerprint density at radius 1 is 1.04 bits per heavy atom. The van der Waals surface area contributed by atoms with Gasteiger partial charge in [0.15, 0.2) is 0 Å². The maximum absolute atomic E-state index is 12.3. The van der Waals surface area contributed by atoms with Crippen LogP contribution in [0.4, 0.5) is 14.5 Å². The van der Waals surface area contributed by atoms with E-state index in [2.05, 4.69) is 15.5 Å². The van der Waals surface area contributed by atoms with Crippen molar-refractivity contribution in [3.8, 4) is 11.5 Å². The fourth-order valence-electron chi connectivity index (χ4n) is 2.12. The van der Waals surface area contributed by atoms with E-state index in [-0.39, 0.29) is 5.91 Å². The van der Waals surface area contributed by atoms with Crippen molar-refractivity contribution in [3.05, 3.63) is 54.6 Å². The lowest BCUT2D eigenvalue weighted by atomic mass is 10.2. The summed E-state index contributed by atoms with van der Waals surface area (Å²) in [5, 5.41) is 10.5. The zero-order chi connectivity index (χ0) is 19.2. The number of hydrogen-bond acceptors (Lipinski definition) is 6. The molecule has 0 aliphatic heterocycles. The summed E-state index contributed by atoms with van der Waals surface area (Å²) < 4.78 is 30.2. The third-order valence-electron chi connectivity index (χ3n) is 3.42. The molecule has 1 amide bonds. The Labute approximate surface area is 162 Å². The molecule has 5 nitrogen and oxygen atoms in total. The predicted octanol–water partition coefficient (Wildman–Crippen LogP) is 5.17. The van der Waals surface area contributed by atoms with E-state index in [1.807, 2.05) is 30.3 Å². The minimum absolute atomic E-state index is 0.256. The maximum atomic E-state index is 12.3. The summed E-state index contributed by atoms with van der Waals surface area (Å²) in [6.07, 6.45) is 0. The van der Waals surface area contributed by atoms with Crippen LogP contribution in [0.25, 0.3) is 11.5 Å². The van der Waals surface area contributed by atoms with Crippen LogP contribution in [-0.2, 0) is 4.79 Å². The average Bonchev–Trinajstić information content (AvgIpc) is 3.12. The van der Waals surface area contributed by atoms with Gasteiger partial charge in [-0.15, -0.1) is 10.2 Å². The molecule has 0 aliphatic carbocycles. The number of nitrogens with zero attached hydrogens (tertiary/aromatic N) is 2. The van der Waals surface area contributed by atoms with Crippen LogP contribution < -0.4 is 5.32 Å². The summed E-state index contributed by atoms with van der Waals surface area (Å²) >= 11 is 1.60. The molecule has 3 aromatic rings. The van der Waals surface area contributed by atoms with Gasteiger partial charge < -0.3 is 9.73 Å². The second-order valence-electron chi connectivity index (χ2n) is 5.39. The molecule has 1 aromatic heterocycles. The first kappa shape index (κ1) is 19.4. The number of carbonyl (C=O) groups is 1. The molecule has 140 valence electrons. The molecule has 0 spiro atoms. The van der Waals surface area contributed by atoms with Crippen LogP contribution in [0.5, 0.6) is 0 Å². The molecule has 0 saturated carbocycles. The van der Waals surface area contributed by atoms with Gasteiger partial charge in [-0.2, -0.15) is 8.78 Å². The zero-order valence-corrected chi connectivity index (χ0v) is 15.8. The SMILES string of the molecule is C[C@H](Sc1nnc(-c2ccccc2)o1)C(=O)Nc1ccc(SC(F)F)cc1. The lowest BCUT2D eigenvalue weighted by Crippen LogP contribution is -2.22. The van der Waals surface area contributed by atoms with Crippen LogP contribution in [0.3, 0.4) is 0 Å². The van der Waals surface area contributed by atoms with Gasteiger partial charge in [0.1, 0.15) is 0 Å². The van der Waals surface area contributed by atoms with Crippen LogP contribution in [0, 0.1) is 0 Å². The lowest BCUT2D eigenvalue weighted by molar-refractivity contribution is -0.115. The van der Waals surface area contributed by atoms with Gasteiger partial charge in [-0.3, -0.25) is 4.79 Å². The number of halogens is 2. The molecule has 1 N–H and O–H groups in total. The predicted molar refractivity (Wildman–Crippen MR) is 102 cm³/mol. The third-order valence-corrected chi connectivity index (χ3v) is 5.08. The molecule has 9 heteroatoms. The Kier molecular flexibility index (Phi) is 6.46. The number of rotatable bonds is 7. The van der Waals surface area contributed by atoms with Gasteiger partial charge in [-0.05, 0) is 43.3 Å². The van der Waals surface area contributed by atoms with Gasteiger partial charge in [0.25, 0.3) is 11.0 Å². The van der Waals surface area contributed by atoms with E-state index in [0.717, 1.165) is 17.3 Å². The number of benzene rings is 2. The largest absolute Gasteiger partial charge is 0.411 e. The molecule has 27 heavy (non-hydrogen) atoms. The zero-order valence-electron chi connectivity index (χ0n) is 14.1. The van der Waals surface area contributed by atoms with E-state index in [9.17, 15) is 13.6 Å². The average molecular weight is 407 g/mol. The molecule has 1 heterocycles. The fourth-order valence-corrected chi connectivity index (χ4v) is 3.31. The van der Waals surface area contributed by atoms with Crippen LogP contribution in [0.2, 0.25) is 0 Å². The standard InChI is InChI=1S/C18H15F2N3O2S2/c1-11(15(24)21-13-7-9-14(10-8-13)27-17(19)20)26-18-23-22-16(25-18)12-5-3-2-4-6-12/h2-11,17H,1H3,(H,21,24)/t11-/m0/s1. The van der Waals surface area contributed by atoms with Crippen LogP contribution in [0.1, 0.15) is 6.92 Å². The Bertz CT molecular complexity index is 889. The van der Waals surface area contributed by atoms with Crippen molar-refractivity contribution in [2.24, 2.45) is 0 Å². The summed E-state index contributed by atoms with van der Waals surface area (Å²) in [6.45, 7) is 1.72. The second kappa shape index (κ2) is 9.01. The van der Waals surface area contributed by atoms with Crippen LogP contribution in [-0.4, -0.2) is 27.1 Å². The van der Waals surface area contributed by atoms with Crippen molar-refractivity contribution in [3.63, 3.8) is 0 Å². The quantitative estimate of drug-likeness (QED) is 0.545. The maximum Gasteiger partial charge on any atom is 0.288 e. The Hall–Kier alpha value is -2.39. The molecule has 3 rings (SSSR count). The van der Waals surface area contributed by atoms with Crippen molar-refractivity contribution in [1.29, 1.82) is 0 Å². The Morgan fingerprint density at radius 2 is 1.74 bits per heavy atom. The van der Waals surface area contributed by atoms with Gasteiger partial charge >= 0.3 is 0 Å². The normalized spacial score (nSPS) is 12.1. The number of thioether (sulfide) groups is 2. The highest BCUT2D eigenvalue weighted by atomic mass is 32.2. The first-order valence-electron chi connectivity index (χ1n) is 7.92. The van der Waals surface area contributed by atoms with Crippen molar-refractivity contribution in [1.82, 2.24) is 10.2 Å². The summed E-state index contributed by atoms with van der Waals surface area (Å²) in [5.74, 6) is -2.34. The highest BCUT2D eigenvalue weighted by Crippen LogP contribution is 2.28. The minimum atomic E-state index is -2.47. The highest BCUT2D eigenvalue weighted by molar-refractivity contribution is 8.00. The molecule has 1 atom stereocenters. The van der Waals surface area contributed by atoms with Crippen LogP contribution in [0.15, 0.2) is 69.1 Å². The first-order chi connectivity index (χ1) is 13.0. The van der Waals surface area contributed by atoms with E-state index < -0.39 is 11.0 Å². The number of alkyl halides is 2. The fraction of sp³-hybridized carbons (Fsp3) is 0.167. The molecule has 0 unspecified atom stereocenters. The molecule has 0 radical (unpaired) electrons. The number of nitrogens with one attached hydrogen (secondary N) is 1. The number of anilines is 1. The summed E-state index contributed by atoms with van der Waals surface area (Å²) in [5.41, 5.74) is 1.33. The monoisotopic (exact) mass is 407 g/mol. The number of hydrogen-bond donors (Lipinski definition) is 1. The van der Waals surface area contributed by atoms with Gasteiger partial charge in [0.05, 0.1) is 5.25 Å². The van der Waals surface area contributed by atoms with Gasteiger partial charge in [-0.25, -0.2) is 0 Å². The number of carbonyl (C=O) groups excluding carboxylic acids is 1. The van der Waals surface area contributed by atoms with Crippen molar-refractivity contribution >= 4 is 35.1 Å². The topological polar surface area (TPSA) is 68.0 Å². The smallest absolute Gasteiger partial charge is 0.288 e. The summed E-state index contributed by atoms with van der Waals surface area (Å²) in [6, 6.07) is 15.6. The number of aromatic nitrogens is 2. The molecule has 0 fully saturated rings. The van der Waals surface area contributed by atoms with E-state index in [0.29, 0.717) is 33.5 Å². The van der Waals surface area contributed by atoms with Crippen molar-refractivity contribution in [2.75, 3.05) is 5.32 Å². The minimum Gasteiger partial charge on any atom is -0.411 e. The van der Waals surface area contributed by atoms with Gasteiger partial charge in [0, 0.05) is 16.1 Å². The molecule has 0 aliphatic rings. The lowest BCUT2D eigenvalue weighted by Gasteiger charge is -2.10. The van der Waals surface area contributed by atoms with E-state index in [1.165, 1.54) is 12.1 Å². The van der Waals surface area contributed by atoms with Crippen molar-refractivity contribution in [2.45, 2.75) is 28.0 Å². The third kappa shape index (κ3) is 5.54. The molecular weight excluding hydrogens is 392 g/mol. The van der Waals surface area contributed by atoms with Crippen LogP contribution >= 0.6 is 23.5 Å². The second-order valence-corrected chi connectivity index (χ2v) is 7.75.